The van der Waals surface area contributed by atoms with Gasteiger partial charge in [-0.25, -0.2) is 4.79 Å². The number of thioether (sulfide) groups is 2. The molecule has 3 heterocycles. The molecule has 9 nitrogen and oxygen atoms in total. The molecule has 1 amide bonds. The Kier molecular flexibility index (Phi) is 4.86. The maximum atomic E-state index is 12.2. The SMILES string of the molecule is CO[C@@]1(N)C(=O)N2C(C(=O)O)=C(CSc3nnc(CO)s3)CS[C@@H]21. The molecule has 2 aliphatic rings. The van der Waals surface area contributed by atoms with E-state index in [9.17, 15) is 14.7 Å². The summed E-state index contributed by atoms with van der Waals surface area (Å²) in [5.41, 5.74) is 4.99. The number of fused-ring (bicyclic) bond motifs is 1. The summed E-state index contributed by atoms with van der Waals surface area (Å²) in [6.07, 6.45) is 0. The molecule has 4 N–H and O–H groups in total. The molecule has 0 saturated carbocycles. The fourth-order valence-corrected chi connectivity index (χ4v) is 5.71. The van der Waals surface area contributed by atoms with Crippen molar-refractivity contribution in [2.75, 3.05) is 18.6 Å². The molecule has 2 atom stereocenters. The van der Waals surface area contributed by atoms with Gasteiger partial charge in [-0.1, -0.05) is 23.1 Å². The number of aliphatic carboxylic acids is 1. The molecule has 0 radical (unpaired) electrons. The second kappa shape index (κ2) is 6.61. The zero-order chi connectivity index (χ0) is 17.5. The minimum Gasteiger partial charge on any atom is -0.477 e. The number of nitrogens with two attached hydrogens (primary N) is 1. The van der Waals surface area contributed by atoms with Crippen LogP contribution in [0.4, 0.5) is 0 Å². The van der Waals surface area contributed by atoms with E-state index in [0.717, 1.165) is 0 Å². The number of hydrogen-bond acceptors (Lipinski definition) is 10. The summed E-state index contributed by atoms with van der Waals surface area (Å²) in [6, 6.07) is 0. The molecule has 1 fully saturated rings. The van der Waals surface area contributed by atoms with Crippen LogP contribution < -0.4 is 5.73 Å². The molecule has 130 valence electrons. The van der Waals surface area contributed by atoms with Crippen molar-refractivity contribution in [1.29, 1.82) is 0 Å². The Morgan fingerprint density at radius 1 is 1.58 bits per heavy atom. The molecule has 0 bridgehead atoms. The van der Waals surface area contributed by atoms with Gasteiger partial charge in [-0.15, -0.1) is 22.0 Å². The maximum absolute atomic E-state index is 12.2. The van der Waals surface area contributed by atoms with Crippen LogP contribution in [-0.4, -0.2) is 66.9 Å². The number of hydrogen-bond donors (Lipinski definition) is 3. The van der Waals surface area contributed by atoms with Gasteiger partial charge in [-0.2, -0.15) is 0 Å². The van der Waals surface area contributed by atoms with Crippen LogP contribution in [0.2, 0.25) is 0 Å². The lowest BCUT2D eigenvalue weighted by atomic mass is 10.00. The molecule has 0 aliphatic carbocycles. The Bertz CT molecular complexity index is 723. The smallest absolute Gasteiger partial charge is 0.352 e. The van der Waals surface area contributed by atoms with Crippen LogP contribution in [0.1, 0.15) is 5.01 Å². The molecule has 24 heavy (non-hydrogen) atoms. The molecule has 3 rings (SSSR count). The third-order valence-electron chi connectivity index (χ3n) is 3.64. The third-order valence-corrected chi connectivity index (χ3v) is 7.16. The van der Waals surface area contributed by atoms with Crippen molar-refractivity contribution < 1.29 is 24.5 Å². The number of carbonyl (C=O) groups excluding carboxylic acids is 1. The van der Waals surface area contributed by atoms with Crippen molar-refractivity contribution in [3.05, 3.63) is 16.3 Å². The first-order valence-corrected chi connectivity index (χ1v) is 9.58. The minimum absolute atomic E-state index is 0.0405. The van der Waals surface area contributed by atoms with E-state index in [-0.39, 0.29) is 12.3 Å². The number of carboxylic acids is 1. The van der Waals surface area contributed by atoms with Crippen molar-refractivity contribution in [1.82, 2.24) is 15.1 Å². The quantitative estimate of drug-likeness (QED) is 0.336. The number of aliphatic hydroxyl groups excluding tert-OH is 1. The Morgan fingerprint density at radius 2 is 2.33 bits per heavy atom. The topological polar surface area (TPSA) is 139 Å². The highest BCUT2D eigenvalue weighted by Gasteiger charge is 2.63. The predicted molar refractivity (Wildman–Crippen MR) is 88.2 cm³/mol. The van der Waals surface area contributed by atoms with E-state index in [4.69, 9.17) is 15.6 Å². The zero-order valence-electron chi connectivity index (χ0n) is 12.5. The highest BCUT2D eigenvalue weighted by atomic mass is 32.2. The number of amides is 1. The molecule has 1 saturated heterocycles. The molecular formula is C12H14N4O5S3. The van der Waals surface area contributed by atoms with E-state index in [1.165, 1.54) is 46.9 Å². The van der Waals surface area contributed by atoms with Gasteiger partial charge < -0.3 is 14.9 Å². The summed E-state index contributed by atoms with van der Waals surface area (Å²) in [4.78, 5) is 25.1. The fraction of sp³-hybridized carbons (Fsp3) is 0.500. The summed E-state index contributed by atoms with van der Waals surface area (Å²) >= 11 is 3.93. The van der Waals surface area contributed by atoms with Gasteiger partial charge in [0.25, 0.3) is 5.91 Å². The normalized spacial score (nSPS) is 26.4. The van der Waals surface area contributed by atoms with Gasteiger partial charge in [0.05, 0.1) is 6.61 Å². The number of aliphatic hydroxyl groups is 1. The molecule has 1 aromatic heterocycles. The summed E-state index contributed by atoms with van der Waals surface area (Å²) in [5, 5.41) is 26.2. The largest absolute Gasteiger partial charge is 0.477 e. The Balaban J connectivity index is 1.81. The Morgan fingerprint density at radius 3 is 2.92 bits per heavy atom. The van der Waals surface area contributed by atoms with Gasteiger partial charge >= 0.3 is 5.97 Å². The summed E-state index contributed by atoms with van der Waals surface area (Å²) in [7, 11) is 1.33. The summed E-state index contributed by atoms with van der Waals surface area (Å²) in [6.45, 7) is -0.184. The highest BCUT2D eigenvalue weighted by molar-refractivity contribution is 8.01. The van der Waals surface area contributed by atoms with Gasteiger partial charge in [0.15, 0.2) is 4.34 Å². The standard InChI is InChI=1S/C12H14N4O5S3/c1-21-12(13)9(20)16-7(8(18)19)5(3-22-10(12)16)4-23-11-15-14-6(2-17)24-11/h10,17H,2-4,13H2,1H3,(H,18,19)/t10-,12+/m1/s1. The predicted octanol–water partition coefficient (Wildman–Crippen LogP) is -0.322. The molecule has 0 spiro atoms. The average Bonchev–Trinajstić information content (AvgIpc) is 3.05. The number of β-lactam (4-membered cyclic amide) rings is 1. The van der Waals surface area contributed by atoms with E-state index in [2.05, 4.69) is 10.2 Å². The van der Waals surface area contributed by atoms with Crippen molar-refractivity contribution in [2.24, 2.45) is 5.73 Å². The number of methoxy groups -OCH3 is 1. The van der Waals surface area contributed by atoms with Crippen molar-refractivity contribution in [2.45, 2.75) is 22.0 Å². The van der Waals surface area contributed by atoms with Gasteiger partial charge in [0.2, 0.25) is 5.72 Å². The first-order valence-electron chi connectivity index (χ1n) is 6.73. The molecule has 2 aliphatic heterocycles. The number of aromatic nitrogens is 2. The van der Waals surface area contributed by atoms with Crippen LogP contribution in [0, 0.1) is 0 Å². The first-order chi connectivity index (χ1) is 11.4. The molecule has 1 aromatic rings. The van der Waals surface area contributed by atoms with Crippen LogP contribution in [-0.2, 0) is 20.9 Å². The lowest BCUT2D eigenvalue weighted by Gasteiger charge is -2.54. The second-order valence-corrected chi connectivity index (χ2v) is 8.35. The van der Waals surface area contributed by atoms with Gasteiger partial charge in [0, 0.05) is 18.6 Å². The van der Waals surface area contributed by atoms with Crippen LogP contribution in [0.25, 0.3) is 0 Å². The van der Waals surface area contributed by atoms with E-state index in [1.807, 2.05) is 0 Å². The highest BCUT2D eigenvalue weighted by Crippen LogP contribution is 2.46. The van der Waals surface area contributed by atoms with Gasteiger partial charge in [-0.3, -0.25) is 15.4 Å². The number of ether oxygens (including phenoxy) is 1. The summed E-state index contributed by atoms with van der Waals surface area (Å²) in [5.74, 6) is -0.941. The fourth-order valence-electron chi connectivity index (χ4n) is 2.42. The Hall–Kier alpha value is -1.18. The first kappa shape index (κ1) is 17.6. The lowest BCUT2D eigenvalue weighted by Crippen LogP contribution is -2.78. The van der Waals surface area contributed by atoms with Crippen LogP contribution in [0.5, 0.6) is 0 Å². The number of carboxylic acid groups (broad SMARTS) is 1. The molecular weight excluding hydrogens is 376 g/mol. The minimum atomic E-state index is -1.47. The van der Waals surface area contributed by atoms with Crippen molar-refractivity contribution in [3.63, 3.8) is 0 Å². The van der Waals surface area contributed by atoms with E-state index < -0.39 is 23.0 Å². The van der Waals surface area contributed by atoms with E-state index >= 15 is 0 Å². The second-order valence-electron chi connectivity index (χ2n) is 5.00. The maximum Gasteiger partial charge on any atom is 0.352 e. The van der Waals surface area contributed by atoms with Gasteiger partial charge in [0.1, 0.15) is 16.1 Å². The number of rotatable bonds is 6. The van der Waals surface area contributed by atoms with Gasteiger partial charge in [-0.05, 0) is 5.57 Å². The molecule has 12 heteroatoms. The summed E-state index contributed by atoms with van der Waals surface area (Å²) < 4.78 is 5.70. The monoisotopic (exact) mass is 390 g/mol. The molecule has 0 aromatic carbocycles. The van der Waals surface area contributed by atoms with E-state index in [0.29, 0.717) is 26.4 Å². The van der Waals surface area contributed by atoms with Crippen molar-refractivity contribution >= 4 is 46.7 Å². The zero-order valence-corrected chi connectivity index (χ0v) is 14.9. The van der Waals surface area contributed by atoms with Crippen LogP contribution in [0.3, 0.4) is 0 Å². The third kappa shape index (κ3) is 2.72. The number of carbonyl (C=O) groups is 2. The lowest BCUT2D eigenvalue weighted by molar-refractivity contribution is -0.182. The Labute approximate surface area is 149 Å². The van der Waals surface area contributed by atoms with Crippen LogP contribution >= 0.6 is 34.9 Å². The van der Waals surface area contributed by atoms with E-state index in [1.54, 1.807) is 0 Å². The average molecular weight is 390 g/mol. The van der Waals surface area contributed by atoms with Crippen molar-refractivity contribution in [3.8, 4) is 0 Å². The van der Waals surface area contributed by atoms with Crippen LogP contribution in [0.15, 0.2) is 15.6 Å². The molecule has 0 unspecified atom stereocenters. The number of nitrogens with zero attached hydrogens (tertiary/aromatic N) is 3.